The molecule has 4 saturated carbocycles. The van der Waals surface area contributed by atoms with E-state index in [4.69, 9.17) is 52.1 Å². The fraction of sp³-hybridized carbons (Fsp3) is 0.949. The molecule has 16 N–H and O–H groups in total. The highest BCUT2D eigenvalue weighted by Gasteiger charge is 2.71. The summed E-state index contributed by atoms with van der Waals surface area (Å²) in [6, 6.07) is 0. The van der Waals surface area contributed by atoms with Crippen LogP contribution in [0, 0.1) is 50.2 Å². The molecular weight excluding hydrogens is 1160 g/mol. The Hall–Kier alpha value is -1.83. The lowest BCUT2D eigenvalue weighted by Crippen LogP contribution is -2.68. The number of methoxy groups -OCH3 is 1. The zero-order valence-corrected chi connectivity index (χ0v) is 50.4. The minimum Gasteiger partial charge on any atom is -0.469 e. The lowest BCUT2D eigenvalue weighted by molar-refractivity contribution is -0.394. The maximum Gasteiger partial charge on any atom is 0.311 e. The number of aliphatic hydroxyl groups excluding tert-OH is 16. The number of allylic oxidation sites excluding steroid dienone is 2. The normalized spacial score (nSPS) is 54.3. The van der Waals surface area contributed by atoms with Crippen molar-refractivity contribution in [2.24, 2.45) is 50.2 Å². The third kappa shape index (κ3) is 11.4. The Labute approximate surface area is 504 Å². The van der Waals surface area contributed by atoms with E-state index in [0.29, 0.717) is 38.5 Å². The summed E-state index contributed by atoms with van der Waals surface area (Å²) >= 11 is 0. The van der Waals surface area contributed by atoms with E-state index < -0.39 is 208 Å². The van der Waals surface area contributed by atoms with Crippen molar-refractivity contribution >= 4 is 5.97 Å². The Balaban J connectivity index is 0.912. The topological polar surface area (TPSA) is 442 Å². The van der Waals surface area contributed by atoms with Crippen molar-refractivity contribution in [3.05, 3.63) is 11.6 Å². The Morgan fingerprint density at radius 1 is 0.563 bits per heavy atom. The molecule has 0 amide bonds. The molecule has 5 heterocycles. The van der Waals surface area contributed by atoms with E-state index in [1.54, 1.807) is 0 Å². The molecule has 9 fully saturated rings. The molecule has 0 aromatic carbocycles. The molecule has 28 heteroatoms. The zero-order valence-electron chi connectivity index (χ0n) is 50.4. The van der Waals surface area contributed by atoms with Crippen LogP contribution in [0.5, 0.6) is 0 Å². The van der Waals surface area contributed by atoms with E-state index in [0.717, 1.165) is 19.3 Å². The minimum atomic E-state index is -2.04. The van der Waals surface area contributed by atoms with E-state index in [9.17, 15) is 86.5 Å². The SMILES string of the molecule is COC(=O)[C@@]1(C)CC[C@]2(CO)[C@H](O)C[C@]3(C)C(=CC[C@@H]4[C@@]5(C)CC[C@H](O[C@@H]6OC[C@H](O[C@@H]7O[C@H](CO[C@@H]8O[C@H](CO)[C@@H](O)[C@H](O)[C@H]8O)[C@@H](O)[C@H](O)[C@H]7O[C@@H]7OC[C@@H](O)[C@H](O)[C@H]7O)[C@H](O)[C@H]6O[C@@H]6O[C@H](CO)[C@@H](O)[C@H](O)[C@H]6O)C(C)(C)[C@@H]5CC[C@]43C)[C@@H]2C1. The summed E-state index contributed by atoms with van der Waals surface area (Å²) in [6.45, 7) is 9.45. The molecule has 0 unspecified atom stereocenters. The van der Waals surface area contributed by atoms with Crippen molar-refractivity contribution in [3.8, 4) is 0 Å². The first kappa shape index (κ1) is 68.0. The number of ether oxygens (including phenoxy) is 11. The van der Waals surface area contributed by atoms with Crippen LogP contribution < -0.4 is 0 Å². The van der Waals surface area contributed by atoms with Crippen LogP contribution in [0.4, 0.5) is 0 Å². The molecule has 0 radical (unpaired) electrons. The second kappa shape index (κ2) is 25.5. The van der Waals surface area contributed by atoms with E-state index in [1.807, 2.05) is 6.92 Å². The van der Waals surface area contributed by atoms with E-state index in [1.165, 1.54) is 12.7 Å². The highest BCUT2D eigenvalue weighted by atomic mass is 16.8. The molecule has 28 nitrogen and oxygen atoms in total. The third-order valence-corrected chi connectivity index (χ3v) is 23.4. The van der Waals surface area contributed by atoms with Gasteiger partial charge in [0.1, 0.15) is 110 Å². The van der Waals surface area contributed by atoms with Crippen LogP contribution in [0.2, 0.25) is 0 Å². The van der Waals surface area contributed by atoms with E-state index in [-0.39, 0.29) is 41.2 Å². The lowest BCUT2D eigenvalue weighted by Gasteiger charge is -2.72. The molecule has 0 bridgehead atoms. The van der Waals surface area contributed by atoms with E-state index >= 15 is 0 Å². The number of fused-ring (bicyclic) bond motifs is 7. The first-order valence-electron chi connectivity index (χ1n) is 30.8. The van der Waals surface area contributed by atoms with Gasteiger partial charge >= 0.3 is 5.97 Å². The predicted octanol–water partition coefficient (Wildman–Crippen LogP) is -4.34. The summed E-state index contributed by atoms with van der Waals surface area (Å²) in [5.41, 5.74) is -2.14. The Morgan fingerprint density at radius 3 is 1.79 bits per heavy atom. The maximum absolute atomic E-state index is 13.3. The lowest BCUT2D eigenvalue weighted by atomic mass is 9.33. The van der Waals surface area contributed by atoms with E-state index in [2.05, 4.69) is 40.7 Å². The Bertz CT molecular complexity index is 2400. The maximum atomic E-state index is 13.3. The Morgan fingerprint density at radius 2 is 1.15 bits per heavy atom. The number of esters is 1. The summed E-state index contributed by atoms with van der Waals surface area (Å²) in [7, 11) is 1.39. The summed E-state index contributed by atoms with van der Waals surface area (Å²) in [5, 5.41) is 175. The molecule has 5 saturated heterocycles. The number of carbonyl (C=O) groups is 1. The molecule has 33 atom stereocenters. The third-order valence-electron chi connectivity index (χ3n) is 23.4. The molecule has 5 aliphatic carbocycles. The average molecular weight is 1250 g/mol. The van der Waals surface area contributed by atoms with Crippen LogP contribution in [0.1, 0.15) is 99.3 Å². The number of hydrogen-bond donors (Lipinski definition) is 16. The van der Waals surface area contributed by atoms with Crippen LogP contribution >= 0.6 is 0 Å². The van der Waals surface area contributed by atoms with Crippen molar-refractivity contribution in [1.82, 2.24) is 0 Å². The smallest absolute Gasteiger partial charge is 0.311 e. The van der Waals surface area contributed by atoms with Gasteiger partial charge in [-0.05, 0) is 104 Å². The van der Waals surface area contributed by atoms with Gasteiger partial charge in [0.25, 0.3) is 0 Å². The molecule has 5 aliphatic heterocycles. The predicted molar refractivity (Wildman–Crippen MR) is 291 cm³/mol. The summed E-state index contributed by atoms with van der Waals surface area (Å²) in [6.07, 6.45) is -34.5. The van der Waals surface area contributed by atoms with Crippen LogP contribution in [0.25, 0.3) is 0 Å². The summed E-state index contributed by atoms with van der Waals surface area (Å²) in [5.74, 6) is -0.415. The summed E-state index contributed by atoms with van der Waals surface area (Å²) in [4.78, 5) is 13.3. The van der Waals surface area contributed by atoms with Gasteiger partial charge in [-0.15, -0.1) is 0 Å². The van der Waals surface area contributed by atoms with Crippen LogP contribution in [0.15, 0.2) is 11.6 Å². The van der Waals surface area contributed by atoms with Crippen LogP contribution in [-0.4, -0.2) is 288 Å². The molecule has 10 aliphatic rings. The number of rotatable bonds is 15. The Kier molecular flexibility index (Phi) is 19.9. The molecule has 0 spiro atoms. The van der Waals surface area contributed by atoms with Gasteiger partial charge in [0.2, 0.25) is 0 Å². The van der Waals surface area contributed by atoms with Crippen molar-refractivity contribution < 1.29 is 139 Å². The van der Waals surface area contributed by atoms with Crippen molar-refractivity contribution in [3.63, 3.8) is 0 Å². The van der Waals surface area contributed by atoms with Gasteiger partial charge in [0.15, 0.2) is 31.5 Å². The van der Waals surface area contributed by atoms with Gasteiger partial charge in [-0.2, -0.15) is 0 Å². The number of hydrogen-bond acceptors (Lipinski definition) is 28. The number of carbonyl (C=O) groups excluding carboxylic acids is 1. The fourth-order valence-electron chi connectivity index (χ4n) is 17.8. The first-order chi connectivity index (χ1) is 40.9. The highest BCUT2D eigenvalue weighted by molar-refractivity contribution is 5.76. The fourth-order valence-corrected chi connectivity index (χ4v) is 17.8. The van der Waals surface area contributed by atoms with Gasteiger partial charge < -0.3 is 134 Å². The van der Waals surface area contributed by atoms with Crippen molar-refractivity contribution in [1.29, 1.82) is 0 Å². The molecule has 0 aromatic rings. The number of aliphatic hydroxyl groups is 16. The molecule has 87 heavy (non-hydrogen) atoms. The minimum absolute atomic E-state index is 0.0213. The quantitative estimate of drug-likeness (QED) is 0.0419. The molecule has 500 valence electrons. The monoisotopic (exact) mass is 1250 g/mol. The van der Waals surface area contributed by atoms with Gasteiger partial charge in [-0.25, -0.2) is 0 Å². The van der Waals surface area contributed by atoms with Gasteiger partial charge in [-0.1, -0.05) is 46.3 Å². The highest BCUT2D eigenvalue weighted by Crippen LogP contribution is 2.76. The van der Waals surface area contributed by atoms with Gasteiger partial charge in [0.05, 0.1) is 64.4 Å². The molecule has 0 aromatic heterocycles. The summed E-state index contributed by atoms with van der Waals surface area (Å²) < 4.78 is 65.9. The van der Waals surface area contributed by atoms with Crippen molar-refractivity contribution in [2.75, 3.05) is 46.8 Å². The van der Waals surface area contributed by atoms with Crippen molar-refractivity contribution in [2.45, 2.75) is 253 Å². The first-order valence-corrected chi connectivity index (χ1v) is 30.8. The standard InChI is InChI=1S/C59H96O28/c1-54(2)31-10-13-57(5)32(9-8-24-25-16-55(3,53(76)77-7)14-15-59(25,23-62)33(64)17-58(24,57)6)56(31,4)12-11-34(54)85-51-46(87-50-45(75)41(71)37(67)28(19-61)82-50)39(69)30(22-80-51)84-52-47(86-49-43(73)35(65)26(63)20-78-49)42(72)38(68)29(83-52)21-79-48-44(74)40(70)36(66)27(18-60)81-48/h8,25-52,60-75H,9-23H2,1-7H3/t25-,26+,27+,28+,29+,30-,31-,32+,33+,34-,35-,36+,37+,38+,39-,40-,41-,42-,43+,44+,45+,46+,47+,48+,49-,50-,51-,52-,55-,56-,57+,58+,59+/m0/s1. The molecular formula is C59H96O28. The zero-order chi connectivity index (χ0) is 63.4. The molecule has 10 rings (SSSR count). The van der Waals surface area contributed by atoms with Gasteiger partial charge in [-0.3, -0.25) is 4.79 Å². The van der Waals surface area contributed by atoms with Gasteiger partial charge in [0, 0.05) is 5.41 Å². The van der Waals surface area contributed by atoms with Crippen LogP contribution in [0.3, 0.4) is 0 Å². The second-order valence-corrected chi connectivity index (χ2v) is 28.3. The largest absolute Gasteiger partial charge is 0.469 e. The second-order valence-electron chi connectivity index (χ2n) is 28.3. The average Bonchev–Trinajstić information content (AvgIpc) is 0.677. The van der Waals surface area contributed by atoms with Crippen LogP contribution in [-0.2, 0) is 56.9 Å².